The van der Waals surface area contributed by atoms with Crippen LogP contribution in [0.4, 0.5) is 5.69 Å². The second-order valence-corrected chi connectivity index (χ2v) is 9.41. The third-order valence-electron chi connectivity index (χ3n) is 6.32. The fourth-order valence-corrected chi connectivity index (χ4v) is 5.65. The number of para-hydroxylation sites is 1. The van der Waals surface area contributed by atoms with Crippen LogP contribution in [0.3, 0.4) is 0 Å². The van der Waals surface area contributed by atoms with E-state index in [2.05, 4.69) is 5.32 Å². The number of thioether (sulfide) groups is 1. The standard InChI is InChI=1S/C24H23N3O8S/c1-15-13-36-22-20(25-19(28)12-33-18-6-4-3-5-7-18)21(29)26(22)23(15)14-34-24(32-2,35-23)16-8-10-17(11-9-16)27(30)31/h3-11,13,20,22H,12,14H2,1-2H3,(H,25,28)/t20-,22-,23+,24-/m1/s1. The van der Waals surface area contributed by atoms with Crippen LogP contribution in [0.1, 0.15) is 12.5 Å². The minimum absolute atomic E-state index is 0.0270. The molecule has 3 aliphatic rings. The Balaban J connectivity index is 1.31. The fraction of sp³-hybridized carbons (Fsp3) is 0.333. The highest BCUT2D eigenvalue weighted by Gasteiger charge is 2.66. The first-order valence-electron chi connectivity index (χ1n) is 11.1. The number of amides is 2. The Morgan fingerprint density at radius 2 is 1.97 bits per heavy atom. The minimum atomic E-state index is -1.67. The van der Waals surface area contributed by atoms with Gasteiger partial charge in [-0.25, -0.2) is 0 Å². The number of carbonyl (C=O) groups is 2. The number of nitro groups is 1. The lowest BCUT2D eigenvalue weighted by Crippen LogP contribution is -2.77. The van der Waals surface area contributed by atoms with Gasteiger partial charge < -0.3 is 19.5 Å². The average Bonchev–Trinajstić information content (AvgIpc) is 3.29. The second kappa shape index (κ2) is 9.21. The van der Waals surface area contributed by atoms with E-state index in [9.17, 15) is 19.7 Å². The van der Waals surface area contributed by atoms with Crippen molar-refractivity contribution in [3.05, 3.63) is 81.3 Å². The van der Waals surface area contributed by atoms with Gasteiger partial charge in [-0.3, -0.25) is 29.3 Å². The number of nitro benzene ring substituents is 1. The molecular weight excluding hydrogens is 490 g/mol. The summed E-state index contributed by atoms with van der Waals surface area (Å²) in [6.07, 6.45) is 0. The molecule has 1 N–H and O–H groups in total. The van der Waals surface area contributed by atoms with Crippen LogP contribution in [0.2, 0.25) is 0 Å². The summed E-state index contributed by atoms with van der Waals surface area (Å²) in [5, 5.41) is 15.2. The van der Waals surface area contributed by atoms with Crippen LogP contribution < -0.4 is 10.1 Å². The first-order chi connectivity index (χ1) is 17.3. The molecule has 0 bridgehead atoms. The van der Waals surface area contributed by atoms with Crippen LogP contribution in [0.5, 0.6) is 5.75 Å². The molecule has 3 heterocycles. The maximum atomic E-state index is 13.2. The van der Waals surface area contributed by atoms with Gasteiger partial charge in [-0.05, 0) is 42.2 Å². The van der Waals surface area contributed by atoms with Gasteiger partial charge in [0.15, 0.2) is 12.3 Å². The zero-order valence-corrected chi connectivity index (χ0v) is 20.2. The lowest BCUT2D eigenvalue weighted by atomic mass is 9.95. The summed E-state index contributed by atoms with van der Waals surface area (Å²) >= 11 is 1.40. The number of carbonyl (C=O) groups excluding carboxylic acids is 2. The number of nitrogens with zero attached hydrogens (tertiary/aromatic N) is 2. The van der Waals surface area contributed by atoms with Gasteiger partial charge in [-0.1, -0.05) is 18.2 Å². The molecule has 0 aromatic heterocycles. The molecule has 11 nitrogen and oxygen atoms in total. The summed E-state index contributed by atoms with van der Waals surface area (Å²) in [5.74, 6) is -1.86. The monoisotopic (exact) mass is 513 g/mol. The molecule has 2 amide bonds. The van der Waals surface area contributed by atoms with Crippen molar-refractivity contribution in [1.29, 1.82) is 0 Å². The van der Waals surface area contributed by atoms with Gasteiger partial charge in [-0.15, -0.1) is 11.8 Å². The van der Waals surface area contributed by atoms with Crippen molar-refractivity contribution in [3.63, 3.8) is 0 Å². The molecule has 5 rings (SSSR count). The van der Waals surface area contributed by atoms with E-state index in [0.29, 0.717) is 11.3 Å². The minimum Gasteiger partial charge on any atom is -0.484 e. The molecule has 2 aromatic carbocycles. The Morgan fingerprint density at radius 1 is 1.25 bits per heavy atom. The predicted molar refractivity (Wildman–Crippen MR) is 127 cm³/mol. The molecule has 2 aromatic rings. The van der Waals surface area contributed by atoms with E-state index in [-0.39, 0.29) is 24.8 Å². The van der Waals surface area contributed by atoms with Gasteiger partial charge in [0.2, 0.25) is 0 Å². The highest BCUT2D eigenvalue weighted by atomic mass is 32.2. The average molecular weight is 514 g/mol. The number of hydrogen-bond acceptors (Lipinski definition) is 9. The van der Waals surface area contributed by atoms with Crippen LogP contribution in [0.25, 0.3) is 0 Å². The normalized spacial score (nSPS) is 28.8. The number of rotatable bonds is 7. The van der Waals surface area contributed by atoms with Gasteiger partial charge in [-0.2, -0.15) is 0 Å². The molecule has 0 saturated carbocycles. The van der Waals surface area contributed by atoms with Crippen molar-refractivity contribution in [3.8, 4) is 5.75 Å². The summed E-state index contributed by atoms with van der Waals surface area (Å²) < 4.78 is 23.4. The van der Waals surface area contributed by atoms with E-state index in [1.54, 1.807) is 29.2 Å². The number of β-lactam (4-membered cyclic amide) rings is 1. The van der Waals surface area contributed by atoms with Crippen molar-refractivity contribution in [2.75, 3.05) is 20.3 Å². The molecule has 188 valence electrons. The fourth-order valence-electron chi connectivity index (χ4n) is 4.39. The lowest BCUT2D eigenvalue weighted by Gasteiger charge is -2.56. The lowest BCUT2D eigenvalue weighted by molar-refractivity contribution is -0.385. The van der Waals surface area contributed by atoms with Gasteiger partial charge in [0.05, 0.1) is 4.92 Å². The quantitative estimate of drug-likeness (QED) is 0.337. The van der Waals surface area contributed by atoms with Crippen LogP contribution >= 0.6 is 11.8 Å². The number of nitrogens with one attached hydrogen (secondary N) is 1. The van der Waals surface area contributed by atoms with Crippen molar-refractivity contribution in [2.45, 2.75) is 30.0 Å². The Morgan fingerprint density at radius 3 is 2.64 bits per heavy atom. The van der Waals surface area contributed by atoms with Crippen LogP contribution in [-0.4, -0.2) is 59.1 Å². The van der Waals surface area contributed by atoms with E-state index in [0.717, 1.165) is 5.57 Å². The van der Waals surface area contributed by atoms with Crippen LogP contribution in [0, 0.1) is 10.1 Å². The Labute approximate surface area is 210 Å². The Bertz CT molecular complexity index is 1220. The maximum Gasteiger partial charge on any atom is 0.314 e. The number of methoxy groups -OCH3 is 1. The van der Waals surface area contributed by atoms with Crippen LogP contribution in [0.15, 0.2) is 65.6 Å². The second-order valence-electron chi connectivity index (χ2n) is 8.42. The van der Waals surface area contributed by atoms with Gasteiger partial charge in [0.25, 0.3) is 17.5 Å². The van der Waals surface area contributed by atoms with E-state index in [4.69, 9.17) is 18.9 Å². The molecule has 3 aliphatic heterocycles. The van der Waals surface area contributed by atoms with Gasteiger partial charge in [0.1, 0.15) is 23.8 Å². The zero-order chi connectivity index (χ0) is 25.5. The zero-order valence-electron chi connectivity index (χ0n) is 19.4. The molecule has 2 fully saturated rings. The van der Waals surface area contributed by atoms with E-state index in [1.165, 1.54) is 43.1 Å². The van der Waals surface area contributed by atoms with Crippen molar-refractivity contribution in [1.82, 2.24) is 10.2 Å². The summed E-state index contributed by atoms with van der Waals surface area (Å²) in [7, 11) is 1.39. The highest BCUT2D eigenvalue weighted by molar-refractivity contribution is 8.02. The molecule has 0 radical (unpaired) electrons. The SMILES string of the molecule is CO[C@]1(c2ccc([N+](=O)[O-])cc2)OC[C@]2(O1)C(C)=CS[C@@H]1[C@H](NC(=O)COc3ccccc3)C(=O)N12. The van der Waals surface area contributed by atoms with Crippen molar-refractivity contribution >= 4 is 29.3 Å². The molecule has 12 heteroatoms. The van der Waals surface area contributed by atoms with Crippen molar-refractivity contribution in [2.24, 2.45) is 0 Å². The number of fused-ring (bicyclic) bond motifs is 2. The van der Waals surface area contributed by atoms with Crippen LogP contribution in [-0.2, 0) is 29.8 Å². The first-order valence-corrected chi connectivity index (χ1v) is 12.0. The largest absolute Gasteiger partial charge is 0.484 e. The van der Waals surface area contributed by atoms with E-state index >= 15 is 0 Å². The van der Waals surface area contributed by atoms with E-state index in [1.807, 2.05) is 18.4 Å². The van der Waals surface area contributed by atoms with E-state index < -0.39 is 33.9 Å². The number of ether oxygens (including phenoxy) is 4. The number of benzene rings is 2. The molecule has 0 aliphatic carbocycles. The van der Waals surface area contributed by atoms with Crippen molar-refractivity contribution < 1.29 is 33.5 Å². The molecule has 36 heavy (non-hydrogen) atoms. The molecule has 2 saturated heterocycles. The molecule has 1 spiro atoms. The molecule has 0 unspecified atom stereocenters. The maximum absolute atomic E-state index is 13.2. The van der Waals surface area contributed by atoms with Gasteiger partial charge >= 0.3 is 5.97 Å². The summed E-state index contributed by atoms with van der Waals surface area (Å²) in [6, 6.07) is 13.8. The summed E-state index contributed by atoms with van der Waals surface area (Å²) in [5.41, 5.74) is -0.205. The highest BCUT2D eigenvalue weighted by Crippen LogP contribution is 2.53. The molecule has 4 atom stereocenters. The Kier molecular flexibility index (Phi) is 6.20. The van der Waals surface area contributed by atoms with Gasteiger partial charge in [0, 0.05) is 24.8 Å². The molecular formula is C24H23N3O8S. The Hall–Kier alpha value is -3.45. The predicted octanol–water partition coefficient (Wildman–Crippen LogP) is 2.48. The topological polar surface area (TPSA) is 129 Å². The summed E-state index contributed by atoms with van der Waals surface area (Å²) in [4.78, 5) is 37.8. The first kappa shape index (κ1) is 24.3. The third-order valence-corrected chi connectivity index (χ3v) is 7.58. The third kappa shape index (κ3) is 3.91. The number of non-ortho nitro benzene ring substituents is 1. The summed E-state index contributed by atoms with van der Waals surface area (Å²) in [6.45, 7) is 1.57. The smallest absolute Gasteiger partial charge is 0.314 e. The number of hydrogen-bond donors (Lipinski definition) is 1.